The summed E-state index contributed by atoms with van der Waals surface area (Å²) in [6.07, 6.45) is 9.36. The summed E-state index contributed by atoms with van der Waals surface area (Å²) in [7, 11) is 0. The Hall–Kier alpha value is -2.99. The van der Waals surface area contributed by atoms with E-state index >= 15 is 0 Å². The molecule has 2 heterocycles. The number of nitriles is 1. The average Bonchev–Trinajstić information content (AvgIpc) is 3.52. The van der Waals surface area contributed by atoms with Crippen LogP contribution >= 0.6 is 11.3 Å². The van der Waals surface area contributed by atoms with Crippen molar-refractivity contribution in [1.29, 1.82) is 5.26 Å². The molecule has 1 fully saturated rings. The molecule has 1 aromatic heterocycles. The summed E-state index contributed by atoms with van der Waals surface area (Å²) in [6.45, 7) is 5.05. The molecule has 8 heteroatoms. The Morgan fingerprint density at radius 1 is 1.36 bits per heavy atom. The van der Waals surface area contributed by atoms with Gasteiger partial charge in [-0.2, -0.15) is 5.26 Å². The van der Waals surface area contributed by atoms with Crippen molar-refractivity contribution in [1.82, 2.24) is 15.2 Å². The highest BCUT2D eigenvalue weighted by atomic mass is 32.1. The minimum atomic E-state index is -0.431. The molecular weight excluding hydrogens is 472 g/mol. The summed E-state index contributed by atoms with van der Waals surface area (Å²) >= 11 is 1.63. The Labute approximate surface area is 216 Å². The number of β-amino-alcohol motifs (C(OH)–C–C–N with tert-alkyl or cyclic N) is 1. The van der Waals surface area contributed by atoms with Gasteiger partial charge in [0, 0.05) is 24.9 Å². The second kappa shape index (κ2) is 10.6. The van der Waals surface area contributed by atoms with Crippen LogP contribution in [0.1, 0.15) is 61.7 Å². The second-order valence-electron chi connectivity index (χ2n) is 9.97. The number of benzene rings is 1. The minimum Gasteiger partial charge on any atom is -0.391 e. The van der Waals surface area contributed by atoms with Crippen LogP contribution in [0.5, 0.6) is 0 Å². The van der Waals surface area contributed by atoms with Gasteiger partial charge in [-0.05, 0) is 68.7 Å². The Bertz CT molecular complexity index is 1240. The molecule has 0 bridgehead atoms. The summed E-state index contributed by atoms with van der Waals surface area (Å²) in [4.78, 5) is 20.3. The molecule has 3 atom stereocenters. The van der Waals surface area contributed by atoms with Crippen molar-refractivity contribution in [2.24, 2.45) is 0 Å². The predicted octanol–water partition coefficient (Wildman–Crippen LogP) is 4.99. The third kappa shape index (κ3) is 5.10. The first kappa shape index (κ1) is 24.7. The van der Waals surface area contributed by atoms with Crippen molar-refractivity contribution in [3.05, 3.63) is 58.3 Å². The highest BCUT2D eigenvalue weighted by Gasteiger charge is 2.30. The second-order valence-corrected chi connectivity index (χ2v) is 11.0. The van der Waals surface area contributed by atoms with Gasteiger partial charge in [0.1, 0.15) is 5.01 Å². The van der Waals surface area contributed by atoms with Crippen molar-refractivity contribution in [2.75, 3.05) is 13.1 Å². The number of fused-ring (bicyclic) bond motifs is 1. The van der Waals surface area contributed by atoms with Gasteiger partial charge in [-0.15, -0.1) is 11.3 Å². The Balaban J connectivity index is 1.33. The van der Waals surface area contributed by atoms with Gasteiger partial charge in [0.2, 0.25) is 0 Å². The molecule has 7 nitrogen and oxygen atoms in total. The number of allylic oxidation sites excluding steroid dienone is 2. The molecule has 36 heavy (non-hydrogen) atoms. The van der Waals surface area contributed by atoms with E-state index in [-0.39, 0.29) is 24.3 Å². The van der Waals surface area contributed by atoms with E-state index in [1.807, 2.05) is 32.2 Å². The van der Waals surface area contributed by atoms with Gasteiger partial charge in [0.15, 0.2) is 0 Å². The maximum atomic E-state index is 12.8. The van der Waals surface area contributed by atoms with Crippen LogP contribution in [0.15, 0.2) is 42.1 Å². The number of likely N-dealkylation sites (tertiary alicyclic amines) is 1. The van der Waals surface area contributed by atoms with Gasteiger partial charge < -0.3 is 20.1 Å². The normalized spacial score (nSPS) is 23.6. The molecule has 2 aromatic rings. The molecule has 1 saturated heterocycles. The van der Waals surface area contributed by atoms with E-state index in [9.17, 15) is 15.2 Å². The fraction of sp³-hybridized carbons (Fsp3) is 0.464. The molecule has 0 spiro atoms. The molecule has 0 radical (unpaired) electrons. The molecule has 3 aliphatic rings. The number of carbonyl (C=O) groups is 1. The Morgan fingerprint density at radius 3 is 3.00 bits per heavy atom. The summed E-state index contributed by atoms with van der Waals surface area (Å²) in [5, 5.41) is 23.6. The first-order chi connectivity index (χ1) is 17.4. The van der Waals surface area contributed by atoms with Crippen LogP contribution in [0.3, 0.4) is 0 Å². The van der Waals surface area contributed by atoms with Gasteiger partial charge in [0.05, 0.1) is 40.9 Å². The standard InChI is InChI=1S/C28H32N4O3S/c1-17(2)35-25-11-8-18(13-19(25)14-29)27-30-15-26(36-27)23-7-3-6-22-21(23)9-10-24(22)31-28(34)32-12-4-5-20(33)16-32/h3,6-8,13,15,17,20,24-25,33H,4-5,9-12,16H2,1-2H3,(H,31,34)/t20-,24?,25?/m0/s1. The van der Waals surface area contributed by atoms with Crippen molar-refractivity contribution in [3.8, 4) is 16.5 Å². The number of hydrogen-bond acceptors (Lipinski definition) is 6. The van der Waals surface area contributed by atoms with Crippen LogP contribution in [0.25, 0.3) is 16.0 Å². The van der Waals surface area contributed by atoms with Gasteiger partial charge in [-0.1, -0.05) is 24.3 Å². The van der Waals surface area contributed by atoms with Crippen molar-refractivity contribution in [3.63, 3.8) is 0 Å². The molecule has 1 aliphatic heterocycles. The lowest BCUT2D eigenvalue weighted by Crippen LogP contribution is -2.47. The topological polar surface area (TPSA) is 98.5 Å². The average molecular weight is 505 g/mol. The molecule has 2 unspecified atom stereocenters. The number of aromatic nitrogens is 1. The van der Waals surface area contributed by atoms with Gasteiger partial charge in [-0.3, -0.25) is 0 Å². The van der Waals surface area contributed by atoms with Crippen LogP contribution in [-0.4, -0.2) is 52.4 Å². The van der Waals surface area contributed by atoms with Crippen LogP contribution < -0.4 is 5.32 Å². The predicted molar refractivity (Wildman–Crippen MR) is 140 cm³/mol. The smallest absolute Gasteiger partial charge is 0.317 e. The lowest BCUT2D eigenvalue weighted by atomic mass is 9.97. The molecule has 1 aromatic carbocycles. The largest absolute Gasteiger partial charge is 0.391 e. The van der Waals surface area contributed by atoms with Crippen LogP contribution in [0.2, 0.25) is 0 Å². The monoisotopic (exact) mass is 504 g/mol. The van der Waals surface area contributed by atoms with Crippen molar-refractivity contribution >= 4 is 22.9 Å². The van der Waals surface area contributed by atoms with E-state index in [1.54, 1.807) is 16.2 Å². The number of hydrogen-bond donors (Lipinski definition) is 2. The lowest BCUT2D eigenvalue weighted by molar-refractivity contribution is 0.0327. The fourth-order valence-electron chi connectivity index (χ4n) is 5.34. The SMILES string of the molecule is CC(C)OC1CC=C(c2ncc(-c3cccc4c3CCC4NC(=O)N3CCC[C@H](O)C3)s2)C=C1C#N. The first-order valence-electron chi connectivity index (χ1n) is 12.7. The number of amides is 2. The number of ether oxygens (including phenoxy) is 1. The van der Waals surface area contributed by atoms with Gasteiger partial charge in [0.25, 0.3) is 0 Å². The number of rotatable bonds is 5. The number of nitrogens with one attached hydrogen (secondary N) is 1. The van der Waals surface area contributed by atoms with Crippen LogP contribution in [0, 0.1) is 11.3 Å². The quantitative estimate of drug-likeness (QED) is 0.597. The van der Waals surface area contributed by atoms with Crippen LogP contribution in [0.4, 0.5) is 4.79 Å². The van der Waals surface area contributed by atoms with E-state index in [0.717, 1.165) is 52.3 Å². The third-order valence-electron chi connectivity index (χ3n) is 7.05. The van der Waals surface area contributed by atoms with E-state index in [0.29, 0.717) is 25.1 Å². The fourth-order valence-corrected chi connectivity index (χ4v) is 6.32. The van der Waals surface area contributed by atoms with E-state index in [1.165, 1.54) is 5.56 Å². The lowest BCUT2D eigenvalue weighted by Gasteiger charge is -2.31. The Morgan fingerprint density at radius 2 is 2.22 bits per heavy atom. The van der Waals surface area contributed by atoms with Gasteiger partial charge in [-0.25, -0.2) is 9.78 Å². The Kier molecular flexibility index (Phi) is 7.24. The van der Waals surface area contributed by atoms with Crippen LogP contribution in [-0.2, 0) is 11.2 Å². The van der Waals surface area contributed by atoms with Gasteiger partial charge >= 0.3 is 6.03 Å². The summed E-state index contributed by atoms with van der Waals surface area (Å²) in [5.41, 5.74) is 5.17. The van der Waals surface area contributed by atoms with Crippen molar-refractivity contribution < 1.29 is 14.6 Å². The van der Waals surface area contributed by atoms with E-state index in [4.69, 9.17) is 4.74 Å². The van der Waals surface area contributed by atoms with E-state index < -0.39 is 6.10 Å². The van der Waals surface area contributed by atoms with Crippen molar-refractivity contribution in [2.45, 2.75) is 70.3 Å². The van der Waals surface area contributed by atoms with E-state index in [2.05, 4.69) is 34.6 Å². The zero-order valence-corrected chi connectivity index (χ0v) is 21.6. The number of aliphatic hydroxyl groups excluding tert-OH is 1. The number of nitrogens with zero attached hydrogens (tertiary/aromatic N) is 3. The number of urea groups is 1. The molecule has 5 rings (SSSR count). The number of piperidine rings is 1. The molecule has 0 saturated carbocycles. The molecule has 2 N–H and O–H groups in total. The zero-order valence-electron chi connectivity index (χ0n) is 20.7. The zero-order chi connectivity index (χ0) is 25.2. The highest BCUT2D eigenvalue weighted by molar-refractivity contribution is 7.16. The number of thiazole rings is 1. The maximum Gasteiger partial charge on any atom is 0.317 e. The molecule has 2 amide bonds. The number of carbonyl (C=O) groups excluding carboxylic acids is 1. The summed E-state index contributed by atoms with van der Waals surface area (Å²) < 4.78 is 5.89. The summed E-state index contributed by atoms with van der Waals surface area (Å²) in [6, 6.07) is 8.45. The maximum absolute atomic E-state index is 12.8. The highest BCUT2D eigenvalue weighted by Crippen LogP contribution is 2.41. The molecular formula is C28H32N4O3S. The first-order valence-corrected chi connectivity index (χ1v) is 13.5. The number of aliphatic hydroxyl groups is 1. The molecule has 188 valence electrons. The minimum absolute atomic E-state index is 0.0287. The summed E-state index contributed by atoms with van der Waals surface area (Å²) in [5.74, 6) is 0. The molecule has 2 aliphatic carbocycles. The third-order valence-corrected chi connectivity index (χ3v) is 8.13.